The number of aliphatic hydroxyl groups is 1. The van der Waals surface area contributed by atoms with E-state index in [4.69, 9.17) is 0 Å². The second-order valence-corrected chi connectivity index (χ2v) is 8.39. The molecule has 2 heterocycles. The first-order valence-electron chi connectivity index (χ1n) is 9.15. The van der Waals surface area contributed by atoms with Crippen molar-refractivity contribution in [1.82, 2.24) is 19.3 Å². The maximum absolute atomic E-state index is 14.1. The number of aliphatic hydroxyl groups excluding tert-OH is 1. The number of imidazole rings is 1. The first-order valence-corrected chi connectivity index (χ1v) is 10.2. The summed E-state index contributed by atoms with van der Waals surface area (Å²) in [5.74, 6) is -1.11. The highest BCUT2D eigenvalue weighted by atomic mass is 127. The predicted molar refractivity (Wildman–Crippen MR) is 112 cm³/mol. The van der Waals surface area contributed by atoms with E-state index < -0.39 is 11.7 Å². The number of nitrogens with one attached hydrogen (secondary N) is 1. The summed E-state index contributed by atoms with van der Waals surface area (Å²) in [6, 6.07) is 5.50. The molecule has 4 rings (SSSR count). The SMILES string of the molecule is CCn1ncc(F)c1C(=O)Nc1nc2cc(C#N)cc(I)c2n1CC1(CO)CC1. The molecule has 3 aromatic rings. The van der Waals surface area contributed by atoms with Crippen LogP contribution in [-0.2, 0) is 13.1 Å². The molecule has 0 unspecified atom stereocenters. The van der Waals surface area contributed by atoms with Crippen LogP contribution in [0.2, 0.25) is 0 Å². The summed E-state index contributed by atoms with van der Waals surface area (Å²) >= 11 is 2.13. The highest BCUT2D eigenvalue weighted by Gasteiger charge is 2.43. The van der Waals surface area contributed by atoms with E-state index in [9.17, 15) is 19.6 Å². The van der Waals surface area contributed by atoms with Crippen molar-refractivity contribution >= 4 is 45.5 Å². The number of aromatic nitrogens is 4. The van der Waals surface area contributed by atoms with E-state index in [1.165, 1.54) is 4.68 Å². The van der Waals surface area contributed by atoms with E-state index in [1.807, 2.05) is 4.57 Å². The van der Waals surface area contributed by atoms with Crippen LogP contribution in [0.4, 0.5) is 10.3 Å². The van der Waals surface area contributed by atoms with Crippen LogP contribution in [0.5, 0.6) is 0 Å². The van der Waals surface area contributed by atoms with Gasteiger partial charge in [0.2, 0.25) is 5.95 Å². The molecule has 0 aliphatic heterocycles. The van der Waals surface area contributed by atoms with Crippen molar-refractivity contribution in [2.24, 2.45) is 5.41 Å². The summed E-state index contributed by atoms with van der Waals surface area (Å²) in [5, 5.41) is 25.6. The zero-order valence-electron chi connectivity index (χ0n) is 15.6. The first kappa shape index (κ1) is 19.8. The van der Waals surface area contributed by atoms with E-state index in [1.54, 1.807) is 19.1 Å². The Balaban J connectivity index is 1.80. The number of nitrogens with zero attached hydrogens (tertiary/aromatic N) is 5. The van der Waals surface area contributed by atoms with Crippen molar-refractivity contribution in [3.63, 3.8) is 0 Å². The van der Waals surface area contributed by atoms with Crippen LogP contribution in [0.15, 0.2) is 18.3 Å². The predicted octanol–water partition coefficient (Wildman–Crippen LogP) is 2.89. The lowest BCUT2D eigenvalue weighted by Crippen LogP contribution is -2.23. The summed E-state index contributed by atoms with van der Waals surface area (Å²) in [6.07, 6.45) is 2.76. The van der Waals surface area contributed by atoms with Crippen molar-refractivity contribution in [3.05, 3.63) is 39.0 Å². The fourth-order valence-corrected chi connectivity index (χ4v) is 4.30. The average Bonchev–Trinajstić information content (AvgIpc) is 3.26. The number of carbonyl (C=O) groups excluding carboxylic acids is 1. The fraction of sp³-hybridized carbons (Fsp3) is 0.368. The van der Waals surface area contributed by atoms with E-state index in [0.717, 1.165) is 28.1 Å². The molecule has 1 amide bonds. The molecular weight excluding hydrogens is 490 g/mol. The van der Waals surface area contributed by atoms with Crippen LogP contribution in [0.3, 0.4) is 0 Å². The molecule has 0 atom stereocenters. The zero-order valence-corrected chi connectivity index (χ0v) is 17.8. The molecule has 29 heavy (non-hydrogen) atoms. The van der Waals surface area contributed by atoms with Gasteiger partial charge in [-0.25, -0.2) is 9.37 Å². The Morgan fingerprint density at radius 2 is 2.24 bits per heavy atom. The number of carbonyl (C=O) groups is 1. The number of hydrogen-bond donors (Lipinski definition) is 2. The molecule has 150 valence electrons. The maximum atomic E-state index is 14.1. The third kappa shape index (κ3) is 3.49. The Morgan fingerprint density at radius 1 is 1.48 bits per heavy atom. The maximum Gasteiger partial charge on any atom is 0.279 e. The number of anilines is 1. The largest absolute Gasteiger partial charge is 0.396 e. The second kappa shape index (κ2) is 7.38. The van der Waals surface area contributed by atoms with E-state index in [2.05, 4.69) is 44.1 Å². The van der Waals surface area contributed by atoms with Gasteiger partial charge < -0.3 is 9.67 Å². The van der Waals surface area contributed by atoms with Crippen molar-refractivity contribution in [1.29, 1.82) is 5.26 Å². The van der Waals surface area contributed by atoms with Gasteiger partial charge in [0.05, 0.1) is 35.5 Å². The summed E-state index contributed by atoms with van der Waals surface area (Å²) < 4.78 is 18.0. The fourth-order valence-electron chi connectivity index (χ4n) is 3.40. The molecule has 2 aromatic heterocycles. The summed E-state index contributed by atoms with van der Waals surface area (Å²) in [4.78, 5) is 17.3. The lowest BCUT2D eigenvalue weighted by molar-refractivity contribution is 0.101. The van der Waals surface area contributed by atoms with Crippen molar-refractivity contribution < 1.29 is 14.3 Å². The van der Waals surface area contributed by atoms with Gasteiger partial charge in [-0.3, -0.25) is 14.8 Å². The minimum Gasteiger partial charge on any atom is -0.396 e. The van der Waals surface area contributed by atoms with Gasteiger partial charge >= 0.3 is 0 Å². The first-order chi connectivity index (χ1) is 13.9. The number of halogens is 2. The van der Waals surface area contributed by atoms with Gasteiger partial charge in [0.25, 0.3) is 5.91 Å². The van der Waals surface area contributed by atoms with Crippen LogP contribution < -0.4 is 5.32 Å². The highest BCUT2D eigenvalue weighted by Crippen LogP contribution is 2.47. The van der Waals surface area contributed by atoms with Gasteiger partial charge in [0.1, 0.15) is 0 Å². The van der Waals surface area contributed by atoms with Gasteiger partial charge in [-0.2, -0.15) is 10.4 Å². The summed E-state index contributed by atoms with van der Waals surface area (Å²) in [6.45, 7) is 2.61. The lowest BCUT2D eigenvalue weighted by atomic mass is 10.1. The zero-order chi connectivity index (χ0) is 20.8. The van der Waals surface area contributed by atoms with Gasteiger partial charge in [-0.05, 0) is 54.5 Å². The number of rotatable bonds is 6. The molecule has 10 heteroatoms. The highest BCUT2D eigenvalue weighted by molar-refractivity contribution is 14.1. The molecule has 0 saturated heterocycles. The standard InChI is InChI=1S/C19H18FIN6O2/c1-2-27-15(12(20)8-23-27)17(29)25-18-24-14-6-11(7-22)5-13(21)16(14)26(18)9-19(10-28)3-4-19/h5-6,8,28H,2-4,9-10H2,1H3,(H,24,25,29). The molecule has 1 saturated carbocycles. The number of fused-ring (bicyclic) bond motifs is 1. The Labute approximate surface area is 179 Å². The Hall–Kier alpha value is -2.52. The average molecular weight is 508 g/mol. The molecule has 0 bridgehead atoms. The van der Waals surface area contributed by atoms with Gasteiger partial charge in [0, 0.05) is 22.1 Å². The van der Waals surface area contributed by atoms with Crippen molar-refractivity contribution in [2.75, 3.05) is 11.9 Å². The normalized spacial score (nSPS) is 14.7. The molecule has 0 spiro atoms. The smallest absolute Gasteiger partial charge is 0.279 e. The number of aryl methyl sites for hydroxylation is 1. The molecular formula is C19H18FIN6O2. The number of hydrogen-bond acceptors (Lipinski definition) is 5. The number of benzene rings is 1. The molecule has 1 fully saturated rings. The van der Waals surface area contributed by atoms with E-state index in [0.29, 0.717) is 24.2 Å². The molecule has 8 nitrogen and oxygen atoms in total. The van der Waals surface area contributed by atoms with Crippen LogP contribution in [0, 0.1) is 26.1 Å². The topological polar surface area (TPSA) is 109 Å². The second-order valence-electron chi connectivity index (χ2n) is 7.23. The molecule has 1 aliphatic rings. The minimum absolute atomic E-state index is 0.0319. The van der Waals surface area contributed by atoms with Crippen LogP contribution in [0.25, 0.3) is 11.0 Å². The lowest BCUT2D eigenvalue weighted by Gasteiger charge is -2.17. The summed E-state index contributed by atoms with van der Waals surface area (Å²) in [7, 11) is 0. The van der Waals surface area contributed by atoms with E-state index >= 15 is 0 Å². The number of amides is 1. The third-order valence-electron chi connectivity index (χ3n) is 5.25. The van der Waals surface area contributed by atoms with Crippen molar-refractivity contribution in [2.45, 2.75) is 32.9 Å². The van der Waals surface area contributed by atoms with Crippen LogP contribution in [0.1, 0.15) is 35.8 Å². The quantitative estimate of drug-likeness (QED) is 0.498. The van der Waals surface area contributed by atoms with Crippen LogP contribution in [-0.4, -0.2) is 37.0 Å². The molecule has 1 aromatic carbocycles. The van der Waals surface area contributed by atoms with Crippen molar-refractivity contribution in [3.8, 4) is 6.07 Å². The monoisotopic (exact) mass is 508 g/mol. The van der Waals surface area contributed by atoms with Gasteiger partial charge in [0.15, 0.2) is 11.5 Å². The summed E-state index contributed by atoms with van der Waals surface area (Å²) in [5.41, 5.74) is 1.37. The number of nitriles is 1. The Morgan fingerprint density at radius 3 is 2.86 bits per heavy atom. The van der Waals surface area contributed by atoms with Gasteiger partial charge in [-0.15, -0.1) is 0 Å². The third-order valence-corrected chi connectivity index (χ3v) is 6.07. The molecule has 2 N–H and O–H groups in total. The van der Waals surface area contributed by atoms with E-state index in [-0.39, 0.29) is 23.7 Å². The van der Waals surface area contributed by atoms with Crippen LogP contribution >= 0.6 is 22.6 Å². The Bertz CT molecular complexity index is 1160. The minimum atomic E-state index is -0.706. The molecule has 1 aliphatic carbocycles. The molecule has 0 radical (unpaired) electrons. The Kier molecular flexibility index (Phi) is 5.04. The van der Waals surface area contributed by atoms with Gasteiger partial charge in [-0.1, -0.05) is 0 Å².